The summed E-state index contributed by atoms with van der Waals surface area (Å²) in [7, 11) is 1.58. The lowest BCUT2D eigenvalue weighted by atomic mass is 10.1. The van der Waals surface area contributed by atoms with Gasteiger partial charge in [0.05, 0.1) is 5.56 Å². The molecule has 1 aromatic heterocycles. The van der Waals surface area contributed by atoms with E-state index in [0.717, 1.165) is 11.1 Å². The molecule has 0 aliphatic carbocycles. The largest absolute Gasteiger partial charge is 0.439 e. The van der Waals surface area contributed by atoms with Crippen molar-refractivity contribution in [3.05, 3.63) is 78.5 Å². The van der Waals surface area contributed by atoms with Crippen LogP contribution in [0.2, 0.25) is 0 Å². The van der Waals surface area contributed by atoms with Crippen LogP contribution < -0.4 is 10.1 Å². The molecule has 4 heteroatoms. The zero-order valence-electron chi connectivity index (χ0n) is 12.7. The maximum absolute atomic E-state index is 11.5. The quantitative estimate of drug-likeness (QED) is 0.795. The Balaban J connectivity index is 1.72. The molecule has 3 aromatic rings. The first-order valence-electron chi connectivity index (χ1n) is 7.28. The number of benzene rings is 2. The molecule has 0 bridgehead atoms. The Kier molecular flexibility index (Phi) is 4.34. The van der Waals surface area contributed by atoms with Gasteiger partial charge in [-0.3, -0.25) is 4.79 Å². The van der Waals surface area contributed by atoms with E-state index in [1.54, 1.807) is 19.2 Å². The van der Waals surface area contributed by atoms with Crippen LogP contribution in [-0.2, 0) is 0 Å². The molecule has 0 atom stereocenters. The van der Waals surface area contributed by atoms with E-state index in [0.29, 0.717) is 17.2 Å². The van der Waals surface area contributed by atoms with Gasteiger partial charge in [0.15, 0.2) is 0 Å². The van der Waals surface area contributed by atoms with E-state index in [1.807, 2.05) is 42.5 Å². The molecule has 1 heterocycles. The number of carbonyl (C=O) groups excluding carboxylic acids is 1. The van der Waals surface area contributed by atoms with Gasteiger partial charge in [0.25, 0.3) is 5.91 Å². The molecule has 0 aliphatic heterocycles. The molecule has 1 amide bonds. The molecule has 0 saturated carbocycles. The number of hydrogen-bond acceptors (Lipinski definition) is 3. The number of aromatic nitrogens is 1. The molecule has 0 saturated heterocycles. The minimum atomic E-state index is -0.170. The van der Waals surface area contributed by atoms with Crippen molar-refractivity contribution in [1.82, 2.24) is 10.3 Å². The zero-order chi connectivity index (χ0) is 16.1. The zero-order valence-corrected chi connectivity index (χ0v) is 12.7. The van der Waals surface area contributed by atoms with Crippen LogP contribution in [0.5, 0.6) is 11.6 Å². The van der Waals surface area contributed by atoms with Gasteiger partial charge < -0.3 is 10.1 Å². The summed E-state index contributed by atoms with van der Waals surface area (Å²) in [5, 5.41) is 2.55. The average Bonchev–Trinajstić information content (AvgIpc) is 2.63. The first-order chi connectivity index (χ1) is 11.3. The van der Waals surface area contributed by atoms with E-state index < -0.39 is 0 Å². The second-order valence-electron chi connectivity index (χ2n) is 4.96. The highest BCUT2D eigenvalue weighted by molar-refractivity contribution is 5.93. The molecular formula is C19H16N2O2. The number of nitrogens with one attached hydrogen (secondary N) is 1. The van der Waals surface area contributed by atoms with Crippen molar-refractivity contribution >= 4 is 5.91 Å². The number of nitrogens with zero attached hydrogens (tertiary/aromatic N) is 1. The van der Waals surface area contributed by atoms with Crippen LogP contribution >= 0.6 is 0 Å². The van der Waals surface area contributed by atoms with Crippen molar-refractivity contribution in [2.24, 2.45) is 0 Å². The minimum Gasteiger partial charge on any atom is -0.439 e. The van der Waals surface area contributed by atoms with Gasteiger partial charge in [-0.05, 0) is 29.3 Å². The van der Waals surface area contributed by atoms with Crippen molar-refractivity contribution in [2.75, 3.05) is 7.05 Å². The highest BCUT2D eigenvalue weighted by Crippen LogP contribution is 2.24. The summed E-state index contributed by atoms with van der Waals surface area (Å²) in [5.74, 6) is 0.978. The molecule has 0 aliphatic rings. The normalized spacial score (nSPS) is 10.1. The molecule has 0 unspecified atom stereocenters. The lowest BCUT2D eigenvalue weighted by Gasteiger charge is -2.07. The van der Waals surface area contributed by atoms with Crippen molar-refractivity contribution in [1.29, 1.82) is 0 Å². The Morgan fingerprint density at radius 2 is 1.61 bits per heavy atom. The molecule has 114 valence electrons. The molecule has 4 nitrogen and oxygen atoms in total. The summed E-state index contributed by atoms with van der Waals surface area (Å²) < 4.78 is 5.69. The monoisotopic (exact) mass is 304 g/mol. The Labute approximate surface area is 134 Å². The number of hydrogen-bond donors (Lipinski definition) is 1. The van der Waals surface area contributed by atoms with E-state index >= 15 is 0 Å². The van der Waals surface area contributed by atoms with Gasteiger partial charge in [0.1, 0.15) is 5.75 Å². The third kappa shape index (κ3) is 3.55. The number of carbonyl (C=O) groups is 1. The number of rotatable bonds is 4. The minimum absolute atomic E-state index is 0.170. The lowest BCUT2D eigenvalue weighted by molar-refractivity contribution is 0.0962. The average molecular weight is 304 g/mol. The Bertz CT molecular complexity index is 782. The molecule has 0 radical (unpaired) electrons. The summed E-state index contributed by atoms with van der Waals surface area (Å²) in [6.45, 7) is 0. The fraction of sp³-hybridized carbons (Fsp3) is 0.0526. The van der Waals surface area contributed by atoms with Gasteiger partial charge in [-0.2, -0.15) is 0 Å². The third-order valence-electron chi connectivity index (χ3n) is 3.41. The van der Waals surface area contributed by atoms with Gasteiger partial charge in [-0.1, -0.05) is 42.5 Å². The second kappa shape index (κ2) is 6.75. The van der Waals surface area contributed by atoms with Gasteiger partial charge in [-0.25, -0.2) is 4.98 Å². The topological polar surface area (TPSA) is 51.2 Å². The van der Waals surface area contributed by atoms with Gasteiger partial charge >= 0.3 is 0 Å². The van der Waals surface area contributed by atoms with Crippen molar-refractivity contribution in [3.63, 3.8) is 0 Å². The van der Waals surface area contributed by atoms with Crippen LogP contribution in [0.3, 0.4) is 0 Å². The third-order valence-corrected chi connectivity index (χ3v) is 3.41. The van der Waals surface area contributed by atoms with Crippen molar-refractivity contribution < 1.29 is 9.53 Å². The molecule has 3 rings (SSSR count). The highest BCUT2D eigenvalue weighted by Gasteiger charge is 2.05. The van der Waals surface area contributed by atoms with E-state index in [2.05, 4.69) is 22.4 Å². The molecule has 0 fully saturated rings. The first-order valence-corrected chi connectivity index (χ1v) is 7.28. The SMILES string of the molecule is CNC(=O)c1ccc(Oc2ccc(-c3ccccc3)cc2)nc1. The Morgan fingerprint density at radius 1 is 0.913 bits per heavy atom. The predicted molar refractivity (Wildman–Crippen MR) is 89.6 cm³/mol. The smallest absolute Gasteiger partial charge is 0.252 e. The Morgan fingerprint density at radius 3 is 2.22 bits per heavy atom. The van der Waals surface area contributed by atoms with Gasteiger partial charge in [0.2, 0.25) is 5.88 Å². The summed E-state index contributed by atoms with van der Waals surface area (Å²) in [6.07, 6.45) is 1.49. The fourth-order valence-electron chi connectivity index (χ4n) is 2.19. The summed E-state index contributed by atoms with van der Waals surface area (Å²) in [4.78, 5) is 15.6. The first kappa shape index (κ1) is 14.8. The highest BCUT2D eigenvalue weighted by atomic mass is 16.5. The summed E-state index contributed by atoms with van der Waals surface area (Å²) in [6, 6.07) is 21.3. The fourth-order valence-corrected chi connectivity index (χ4v) is 2.19. The van der Waals surface area contributed by atoms with Gasteiger partial charge in [0, 0.05) is 19.3 Å². The maximum atomic E-state index is 11.5. The van der Waals surface area contributed by atoms with Gasteiger partial charge in [-0.15, -0.1) is 0 Å². The molecule has 23 heavy (non-hydrogen) atoms. The van der Waals surface area contributed by atoms with E-state index in [-0.39, 0.29) is 5.91 Å². The lowest BCUT2D eigenvalue weighted by Crippen LogP contribution is -2.17. The number of ether oxygens (including phenoxy) is 1. The van der Waals surface area contributed by atoms with E-state index in [1.165, 1.54) is 6.20 Å². The predicted octanol–water partition coefficient (Wildman–Crippen LogP) is 3.90. The molecule has 1 N–H and O–H groups in total. The molecular weight excluding hydrogens is 288 g/mol. The van der Waals surface area contributed by atoms with E-state index in [4.69, 9.17) is 4.74 Å². The van der Waals surface area contributed by atoms with Crippen LogP contribution in [0.15, 0.2) is 72.9 Å². The van der Waals surface area contributed by atoms with Crippen LogP contribution in [0.4, 0.5) is 0 Å². The number of pyridine rings is 1. The van der Waals surface area contributed by atoms with Crippen LogP contribution in [-0.4, -0.2) is 17.9 Å². The molecule has 0 spiro atoms. The van der Waals surface area contributed by atoms with Crippen molar-refractivity contribution in [3.8, 4) is 22.8 Å². The second-order valence-corrected chi connectivity index (χ2v) is 4.96. The maximum Gasteiger partial charge on any atom is 0.252 e. The number of amides is 1. The standard InChI is InChI=1S/C19H16N2O2/c1-20-19(22)16-9-12-18(21-13-16)23-17-10-7-15(8-11-17)14-5-3-2-4-6-14/h2-13H,1H3,(H,20,22). The molecule has 2 aromatic carbocycles. The van der Waals surface area contributed by atoms with Crippen LogP contribution in [0, 0.1) is 0 Å². The summed E-state index contributed by atoms with van der Waals surface area (Å²) >= 11 is 0. The Hall–Kier alpha value is -3.14. The van der Waals surface area contributed by atoms with E-state index in [9.17, 15) is 4.79 Å². The van der Waals surface area contributed by atoms with Crippen LogP contribution in [0.25, 0.3) is 11.1 Å². The summed E-state index contributed by atoms with van der Waals surface area (Å²) in [5.41, 5.74) is 2.78. The van der Waals surface area contributed by atoms with Crippen molar-refractivity contribution in [2.45, 2.75) is 0 Å². The van der Waals surface area contributed by atoms with Crippen LogP contribution in [0.1, 0.15) is 10.4 Å².